The smallest absolute Gasteiger partial charge is 0.308 e. The average molecular weight is 799 g/mol. The van der Waals surface area contributed by atoms with E-state index in [0.29, 0.717) is 46.0 Å². The van der Waals surface area contributed by atoms with Crippen molar-refractivity contribution in [2.75, 3.05) is 25.5 Å². The monoisotopic (exact) mass is 798 g/mol. The highest BCUT2D eigenvalue weighted by molar-refractivity contribution is 7.17. The summed E-state index contributed by atoms with van der Waals surface area (Å²) < 4.78 is 6.83. The molecule has 0 spiro atoms. The number of thiophene rings is 1. The first-order chi connectivity index (χ1) is 27.0. The van der Waals surface area contributed by atoms with E-state index in [1.54, 1.807) is 30.3 Å². The summed E-state index contributed by atoms with van der Waals surface area (Å²) in [4.78, 5) is 83.2. The zero-order valence-corrected chi connectivity index (χ0v) is 32.5. The number of anilines is 1. The van der Waals surface area contributed by atoms with Crippen LogP contribution in [0.3, 0.4) is 0 Å². The van der Waals surface area contributed by atoms with E-state index in [0.717, 1.165) is 52.3 Å². The number of imide groups is 2. The fourth-order valence-electron chi connectivity index (χ4n) is 7.25. The maximum atomic E-state index is 13.7. The van der Waals surface area contributed by atoms with Gasteiger partial charge in [-0.1, -0.05) is 42.6 Å². The largest absolute Gasteiger partial charge is 0.469 e. The Bertz CT molecular complexity index is 2300. The van der Waals surface area contributed by atoms with Crippen LogP contribution in [0.4, 0.5) is 5.69 Å². The van der Waals surface area contributed by atoms with E-state index >= 15 is 0 Å². The van der Waals surface area contributed by atoms with Gasteiger partial charge in [0, 0.05) is 41.3 Å². The number of benzene rings is 2. The molecule has 3 aliphatic heterocycles. The second-order valence-electron chi connectivity index (χ2n) is 13.7. The molecule has 1 fully saturated rings. The number of hydrogen-bond acceptors (Lipinski definition) is 12. The molecule has 15 nitrogen and oxygen atoms in total. The van der Waals surface area contributed by atoms with Crippen molar-refractivity contribution in [2.24, 2.45) is 4.99 Å². The minimum absolute atomic E-state index is 0.0384. The van der Waals surface area contributed by atoms with E-state index in [-0.39, 0.29) is 36.3 Å². The third-order valence-corrected chi connectivity index (χ3v) is 11.6. The Morgan fingerprint density at radius 2 is 1.71 bits per heavy atom. The van der Waals surface area contributed by atoms with E-state index in [4.69, 9.17) is 21.3 Å². The number of aryl methyl sites for hydroxylation is 1. The number of hydrogen-bond donors (Lipinski definition) is 3. The van der Waals surface area contributed by atoms with Crippen LogP contribution in [0.2, 0.25) is 5.02 Å². The topological polar surface area (TPSA) is 194 Å². The SMILES string of the molecule is COC(=O)C[C@@H]1N=C(c2ccc(Cl)cc2)c2c(sc(C(=O)NCCCCCCNc3cccc4c3C(=O)N(C3CCC(=O)NC3=O)C4=O)c2C)-n2c(C)nnc21. The second-order valence-corrected chi connectivity index (χ2v) is 15.2. The highest BCUT2D eigenvalue weighted by atomic mass is 35.5. The number of carbonyl (C=O) groups excluding carboxylic acids is 6. The first-order valence-corrected chi connectivity index (χ1v) is 19.5. The lowest BCUT2D eigenvalue weighted by Gasteiger charge is -2.27. The normalized spacial score (nSPS) is 17.4. The van der Waals surface area contributed by atoms with Crippen LogP contribution in [0.5, 0.6) is 0 Å². The van der Waals surface area contributed by atoms with Gasteiger partial charge in [-0.2, -0.15) is 0 Å². The van der Waals surface area contributed by atoms with Crippen LogP contribution in [0.15, 0.2) is 47.5 Å². The zero-order chi connectivity index (χ0) is 39.7. The van der Waals surface area contributed by atoms with Crippen molar-refractivity contribution in [3.8, 4) is 5.00 Å². The van der Waals surface area contributed by atoms with Gasteiger partial charge in [-0.05, 0) is 62.9 Å². The fraction of sp³-hybridized carbons (Fsp3) is 0.359. The average Bonchev–Trinajstić information content (AvgIpc) is 3.78. The lowest BCUT2D eigenvalue weighted by atomic mass is 9.99. The summed E-state index contributed by atoms with van der Waals surface area (Å²) in [6.07, 6.45) is 3.32. The van der Waals surface area contributed by atoms with E-state index in [1.165, 1.54) is 18.4 Å². The number of unbranched alkanes of at least 4 members (excludes halogenated alkanes) is 3. The molecule has 7 rings (SSSR count). The van der Waals surface area contributed by atoms with Crippen molar-refractivity contribution < 1.29 is 33.5 Å². The van der Waals surface area contributed by atoms with E-state index < -0.39 is 41.7 Å². The molecule has 0 radical (unpaired) electrons. The number of halogens is 1. The lowest BCUT2D eigenvalue weighted by Crippen LogP contribution is -2.54. The maximum Gasteiger partial charge on any atom is 0.308 e. The van der Waals surface area contributed by atoms with Crippen molar-refractivity contribution in [3.63, 3.8) is 0 Å². The number of esters is 1. The number of aromatic nitrogens is 3. The summed E-state index contributed by atoms with van der Waals surface area (Å²) in [5, 5.41) is 18.5. The molecule has 5 amide bonds. The Hall–Kier alpha value is -5.74. The predicted octanol–water partition coefficient (Wildman–Crippen LogP) is 4.86. The number of nitrogens with zero attached hydrogens (tertiary/aromatic N) is 5. The fourth-order valence-corrected chi connectivity index (χ4v) is 8.66. The van der Waals surface area contributed by atoms with Crippen LogP contribution in [0.1, 0.15) is 110 Å². The molecule has 0 bridgehead atoms. The predicted molar refractivity (Wildman–Crippen MR) is 208 cm³/mol. The molecule has 2 aromatic heterocycles. The first-order valence-electron chi connectivity index (χ1n) is 18.3. The molecular formula is C39H39ClN8O7S. The van der Waals surface area contributed by atoms with Gasteiger partial charge in [0.15, 0.2) is 5.82 Å². The van der Waals surface area contributed by atoms with Gasteiger partial charge in [0.1, 0.15) is 22.9 Å². The molecule has 3 N–H and O–H groups in total. The highest BCUT2D eigenvalue weighted by Gasteiger charge is 2.45. The number of fused-ring (bicyclic) bond motifs is 4. The van der Waals surface area contributed by atoms with E-state index in [9.17, 15) is 28.8 Å². The van der Waals surface area contributed by atoms with Crippen LogP contribution in [0.25, 0.3) is 5.00 Å². The number of amides is 5. The minimum Gasteiger partial charge on any atom is -0.469 e. The van der Waals surface area contributed by atoms with Gasteiger partial charge < -0.3 is 15.4 Å². The molecule has 2 atom stereocenters. The number of aliphatic imine (C=N–C) groups is 1. The van der Waals surface area contributed by atoms with Crippen molar-refractivity contribution in [1.29, 1.82) is 0 Å². The summed E-state index contributed by atoms with van der Waals surface area (Å²) in [5.41, 5.74) is 3.86. The van der Waals surface area contributed by atoms with Gasteiger partial charge >= 0.3 is 5.97 Å². The Morgan fingerprint density at radius 3 is 2.45 bits per heavy atom. The van der Waals surface area contributed by atoms with Crippen molar-refractivity contribution >= 4 is 69.8 Å². The Labute approximate surface area is 330 Å². The van der Waals surface area contributed by atoms with Crippen LogP contribution in [0, 0.1) is 13.8 Å². The summed E-state index contributed by atoms with van der Waals surface area (Å²) >= 11 is 7.54. The van der Waals surface area contributed by atoms with Crippen LogP contribution >= 0.6 is 22.9 Å². The number of carbonyl (C=O) groups is 6. The van der Waals surface area contributed by atoms with Crippen molar-refractivity contribution in [1.82, 2.24) is 30.3 Å². The first kappa shape index (κ1) is 38.5. The Balaban J connectivity index is 0.965. The minimum atomic E-state index is -1.02. The zero-order valence-electron chi connectivity index (χ0n) is 30.9. The molecule has 1 unspecified atom stereocenters. The molecular weight excluding hydrogens is 760 g/mol. The molecule has 3 aliphatic rings. The molecule has 2 aromatic carbocycles. The summed E-state index contributed by atoms with van der Waals surface area (Å²) in [6, 6.07) is 10.6. The Morgan fingerprint density at radius 1 is 0.964 bits per heavy atom. The van der Waals surface area contributed by atoms with Crippen LogP contribution in [-0.4, -0.2) is 87.1 Å². The van der Waals surface area contributed by atoms with Gasteiger partial charge in [-0.3, -0.25) is 48.5 Å². The van der Waals surface area contributed by atoms with E-state index in [2.05, 4.69) is 26.1 Å². The van der Waals surface area contributed by atoms with Gasteiger partial charge in [-0.25, -0.2) is 0 Å². The quantitative estimate of drug-likeness (QED) is 0.0956. The number of methoxy groups -OCH3 is 1. The van der Waals surface area contributed by atoms with Gasteiger partial charge in [0.2, 0.25) is 11.8 Å². The summed E-state index contributed by atoms with van der Waals surface area (Å²) in [5.74, 6) is -1.74. The van der Waals surface area contributed by atoms with Crippen molar-refractivity contribution in [2.45, 2.75) is 70.9 Å². The van der Waals surface area contributed by atoms with E-state index in [1.807, 2.05) is 30.5 Å². The molecule has 1 saturated heterocycles. The molecule has 0 aliphatic carbocycles. The summed E-state index contributed by atoms with van der Waals surface area (Å²) in [6.45, 7) is 4.72. The van der Waals surface area contributed by atoms with Crippen LogP contribution < -0.4 is 16.0 Å². The van der Waals surface area contributed by atoms with Gasteiger partial charge in [0.05, 0.1) is 35.2 Å². The number of piperidine rings is 1. The molecule has 0 saturated carbocycles. The Kier molecular flexibility index (Phi) is 11.1. The highest BCUT2D eigenvalue weighted by Crippen LogP contribution is 2.40. The number of nitrogens with one attached hydrogen (secondary N) is 3. The molecule has 56 heavy (non-hydrogen) atoms. The number of ether oxygens (including phenoxy) is 1. The molecule has 290 valence electrons. The van der Waals surface area contributed by atoms with Gasteiger partial charge in [0.25, 0.3) is 17.7 Å². The lowest BCUT2D eigenvalue weighted by molar-refractivity contribution is -0.141. The second kappa shape index (κ2) is 16.2. The van der Waals surface area contributed by atoms with Gasteiger partial charge in [-0.15, -0.1) is 21.5 Å². The van der Waals surface area contributed by atoms with Crippen molar-refractivity contribution in [3.05, 3.63) is 91.8 Å². The standard InChI is InChI=1S/C39H39ClN8O7S/c1-20-30-32(22-11-13-23(40)14-12-22)43-26(19-29(50)55-3)34-46-45-21(2)47(34)39(30)56-33(20)36(52)42-18-7-5-4-6-17-41-25-10-8-9-24-31(25)38(54)48(37(24)53)27-15-16-28(49)44-35(27)51/h8-14,26-27,41H,4-7,15-19H2,1-3H3,(H,42,52)(H,44,49,51)/t26-,27?/m0/s1. The number of rotatable bonds is 13. The third kappa shape index (κ3) is 7.33. The maximum absolute atomic E-state index is 13.7. The summed E-state index contributed by atoms with van der Waals surface area (Å²) in [7, 11) is 1.33. The molecule has 4 aromatic rings. The third-order valence-electron chi connectivity index (χ3n) is 10.1. The molecule has 17 heteroatoms. The van der Waals surface area contributed by atoms with Crippen LogP contribution in [-0.2, 0) is 19.1 Å². The molecule has 5 heterocycles.